The number of nitrogens with zero attached hydrogens (tertiary/aromatic N) is 3. The van der Waals surface area contributed by atoms with Crippen LogP contribution in [0.1, 0.15) is 37.8 Å². The number of hydrazine groups is 1. The monoisotopic (exact) mass is 250 g/mol. The van der Waals surface area contributed by atoms with Crippen molar-refractivity contribution in [3.8, 4) is 0 Å². The molecule has 0 spiro atoms. The molecule has 4 N–H and O–H groups in total. The Hall–Kier alpha value is -1.56. The fraction of sp³-hybridized carbons (Fsp3) is 0.667. The fourth-order valence-electron chi connectivity index (χ4n) is 2.35. The van der Waals surface area contributed by atoms with Gasteiger partial charge in [-0.25, -0.2) is 10.8 Å². The molecule has 0 amide bonds. The molecule has 6 heteroatoms. The lowest BCUT2D eigenvalue weighted by atomic mass is 9.96. The highest BCUT2D eigenvalue weighted by Gasteiger charge is 2.13. The van der Waals surface area contributed by atoms with Gasteiger partial charge in [0.15, 0.2) is 0 Å². The Balaban J connectivity index is 2.04. The zero-order valence-electron chi connectivity index (χ0n) is 11.1. The summed E-state index contributed by atoms with van der Waals surface area (Å²) in [7, 11) is 1.89. The zero-order chi connectivity index (χ0) is 13.0. The average molecular weight is 250 g/mol. The third-order valence-electron chi connectivity index (χ3n) is 3.29. The topological polar surface area (TPSA) is 80.3 Å². The molecule has 1 heterocycles. The van der Waals surface area contributed by atoms with Gasteiger partial charge in [0.1, 0.15) is 0 Å². The zero-order valence-corrected chi connectivity index (χ0v) is 11.1. The van der Waals surface area contributed by atoms with Gasteiger partial charge in [-0.3, -0.25) is 10.1 Å². The van der Waals surface area contributed by atoms with Gasteiger partial charge in [-0.15, -0.1) is 0 Å². The van der Waals surface area contributed by atoms with E-state index in [0.29, 0.717) is 12.0 Å². The Morgan fingerprint density at radius 1 is 1.44 bits per heavy atom. The van der Waals surface area contributed by atoms with Crippen molar-refractivity contribution >= 4 is 11.6 Å². The molecule has 0 unspecified atom stereocenters. The molecule has 1 fully saturated rings. The van der Waals surface area contributed by atoms with Crippen LogP contribution in [0.15, 0.2) is 11.2 Å². The molecule has 0 aromatic carbocycles. The van der Waals surface area contributed by atoms with Crippen LogP contribution in [0, 0.1) is 6.92 Å². The molecule has 2 rings (SSSR count). The molecule has 0 radical (unpaired) electrons. The van der Waals surface area contributed by atoms with Gasteiger partial charge in [0.2, 0.25) is 5.96 Å². The molecule has 0 aliphatic heterocycles. The van der Waals surface area contributed by atoms with E-state index in [-0.39, 0.29) is 0 Å². The number of aryl methyl sites for hydroxylation is 2. The summed E-state index contributed by atoms with van der Waals surface area (Å²) >= 11 is 0. The molecule has 0 saturated heterocycles. The van der Waals surface area contributed by atoms with Gasteiger partial charge in [-0.05, 0) is 19.8 Å². The molecule has 0 atom stereocenters. The van der Waals surface area contributed by atoms with Gasteiger partial charge in [-0.2, -0.15) is 5.10 Å². The van der Waals surface area contributed by atoms with E-state index in [1.807, 2.05) is 20.2 Å². The number of nitrogens with two attached hydrogens (primary N) is 1. The first-order valence-electron chi connectivity index (χ1n) is 6.50. The van der Waals surface area contributed by atoms with Gasteiger partial charge in [0, 0.05) is 13.2 Å². The number of anilines is 1. The first kappa shape index (κ1) is 12.9. The van der Waals surface area contributed by atoms with E-state index < -0.39 is 0 Å². The Kier molecular flexibility index (Phi) is 4.19. The maximum Gasteiger partial charge on any atom is 0.210 e. The van der Waals surface area contributed by atoms with Crippen molar-refractivity contribution < 1.29 is 0 Å². The molecular formula is C12H22N6. The van der Waals surface area contributed by atoms with Crippen LogP contribution in [0.3, 0.4) is 0 Å². The first-order chi connectivity index (χ1) is 8.69. The van der Waals surface area contributed by atoms with Crippen LogP contribution in [-0.4, -0.2) is 21.8 Å². The van der Waals surface area contributed by atoms with Crippen molar-refractivity contribution in [1.29, 1.82) is 0 Å². The molecule has 1 saturated carbocycles. The van der Waals surface area contributed by atoms with Gasteiger partial charge in [0.25, 0.3) is 0 Å². The normalized spacial score (nSPS) is 17.8. The van der Waals surface area contributed by atoms with Crippen LogP contribution in [0.5, 0.6) is 0 Å². The summed E-state index contributed by atoms with van der Waals surface area (Å²) in [5.41, 5.74) is 4.51. The minimum Gasteiger partial charge on any atom is -0.322 e. The molecule has 1 aromatic heterocycles. The molecule has 18 heavy (non-hydrogen) atoms. The number of aliphatic imine (C=N–C) groups is 1. The highest BCUT2D eigenvalue weighted by atomic mass is 15.3. The highest BCUT2D eigenvalue weighted by molar-refractivity contribution is 5.93. The third-order valence-corrected chi connectivity index (χ3v) is 3.29. The second-order valence-electron chi connectivity index (χ2n) is 4.84. The number of aromatic nitrogens is 2. The van der Waals surface area contributed by atoms with Crippen LogP contribution in [0.4, 0.5) is 5.69 Å². The van der Waals surface area contributed by atoms with Crippen molar-refractivity contribution in [2.45, 2.75) is 45.1 Å². The average Bonchev–Trinajstić information content (AvgIpc) is 2.68. The lowest BCUT2D eigenvalue weighted by molar-refractivity contribution is 0.442. The maximum absolute atomic E-state index is 5.52. The number of rotatable bonds is 2. The predicted molar refractivity (Wildman–Crippen MR) is 73.2 cm³/mol. The number of nitrogens with one attached hydrogen (secondary N) is 2. The highest BCUT2D eigenvalue weighted by Crippen LogP contribution is 2.20. The van der Waals surface area contributed by atoms with Gasteiger partial charge < -0.3 is 5.32 Å². The Bertz CT molecular complexity index is 416. The minimum atomic E-state index is 0.384. The van der Waals surface area contributed by atoms with Gasteiger partial charge >= 0.3 is 0 Å². The molecule has 1 aliphatic rings. The fourth-order valence-corrected chi connectivity index (χ4v) is 2.35. The van der Waals surface area contributed by atoms with E-state index in [0.717, 1.165) is 24.2 Å². The Labute approximate surface area is 108 Å². The smallest absolute Gasteiger partial charge is 0.210 e. The summed E-state index contributed by atoms with van der Waals surface area (Å²) in [4.78, 5) is 4.63. The summed E-state index contributed by atoms with van der Waals surface area (Å²) in [6.07, 6.45) is 8.07. The van der Waals surface area contributed by atoms with Crippen molar-refractivity contribution in [2.75, 3.05) is 5.32 Å². The molecule has 1 aromatic rings. The van der Waals surface area contributed by atoms with Crippen LogP contribution < -0.4 is 16.6 Å². The van der Waals surface area contributed by atoms with Crippen LogP contribution in [0.2, 0.25) is 0 Å². The molecule has 0 bridgehead atoms. The lowest BCUT2D eigenvalue weighted by Gasteiger charge is -2.19. The summed E-state index contributed by atoms with van der Waals surface area (Å²) in [5.74, 6) is 6.15. The Morgan fingerprint density at radius 3 is 2.72 bits per heavy atom. The van der Waals surface area contributed by atoms with E-state index in [1.165, 1.54) is 19.3 Å². The second kappa shape index (κ2) is 5.86. The summed E-state index contributed by atoms with van der Waals surface area (Å²) in [6, 6.07) is 0.384. The van der Waals surface area contributed by atoms with Gasteiger partial charge in [-0.1, -0.05) is 19.3 Å². The molecule has 100 valence electrons. The van der Waals surface area contributed by atoms with E-state index >= 15 is 0 Å². The SMILES string of the molecule is Cc1nn(C)cc1NC(=NC1CCCCC1)NN. The second-order valence-corrected chi connectivity index (χ2v) is 4.84. The first-order valence-corrected chi connectivity index (χ1v) is 6.50. The van der Waals surface area contributed by atoms with Crippen LogP contribution in [-0.2, 0) is 7.05 Å². The van der Waals surface area contributed by atoms with Crippen molar-refractivity contribution in [2.24, 2.45) is 17.9 Å². The quantitative estimate of drug-likeness (QED) is 0.320. The molecule has 1 aliphatic carbocycles. The third kappa shape index (κ3) is 3.22. The minimum absolute atomic E-state index is 0.384. The van der Waals surface area contributed by atoms with Gasteiger partial charge in [0.05, 0.1) is 17.4 Å². The van der Waals surface area contributed by atoms with Crippen LogP contribution >= 0.6 is 0 Å². The standard InChI is InChI=1S/C12H22N6/c1-9-11(8-18(2)17-9)15-12(16-13)14-10-6-4-3-5-7-10/h8,10H,3-7,13H2,1-2H3,(H2,14,15,16). The number of hydrogen-bond donors (Lipinski definition) is 3. The van der Waals surface area contributed by atoms with E-state index in [2.05, 4.69) is 20.8 Å². The lowest BCUT2D eigenvalue weighted by Crippen LogP contribution is -2.37. The molecule has 6 nitrogen and oxygen atoms in total. The summed E-state index contributed by atoms with van der Waals surface area (Å²) < 4.78 is 1.77. The summed E-state index contributed by atoms with van der Waals surface area (Å²) in [5, 5.41) is 7.47. The van der Waals surface area contributed by atoms with Crippen molar-refractivity contribution in [3.63, 3.8) is 0 Å². The van der Waals surface area contributed by atoms with E-state index in [9.17, 15) is 0 Å². The number of hydrogen-bond acceptors (Lipinski definition) is 3. The Morgan fingerprint density at radius 2 is 2.17 bits per heavy atom. The maximum atomic E-state index is 5.52. The largest absolute Gasteiger partial charge is 0.322 e. The van der Waals surface area contributed by atoms with E-state index in [4.69, 9.17) is 5.84 Å². The van der Waals surface area contributed by atoms with Crippen molar-refractivity contribution in [3.05, 3.63) is 11.9 Å². The predicted octanol–water partition coefficient (Wildman–Crippen LogP) is 1.29. The number of guanidine groups is 1. The van der Waals surface area contributed by atoms with Crippen LogP contribution in [0.25, 0.3) is 0 Å². The van der Waals surface area contributed by atoms with Crippen molar-refractivity contribution in [1.82, 2.24) is 15.2 Å². The molecular weight excluding hydrogens is 228 g/mol. The van der Waals surface area contributed by atoms with E-state index in [1.54, 1.807) is 4.68 Å². The summed E-state index contributed by atoms with van der Waals surface area (Å²) in [6.45, 7) is 1.96.